The van der Waals surface area contributed by atoms with E-state index in [1.807, 2.05) is 11.8 Å². The van der Waals surface area contributed by atoms with Crippen LogP contribution in [0.5, 0.6) is 0 Å². The lowest BCUT2D eigenvalue weighted by atomic mass is 10.2. The van der Waals surface area contributed by atoms with E-state index in [-0.39, 0.29) is 11.9 Å². The molecule has 5 heteroatoms. The Balaban J connectivity index is 4.08. The number of nitrogens with zero attached hydrogens (tertiary/aromatic N) is 1. The van der Waals surface area contributed by atoms with Crippen LogP contribution in [0.3, 0.4) is 0 Å². The summed E-state index contributed by atoms with van der Waals surface area (Å²) in [5.41, 5.74) is 5.55. The smallest absolute Gasteiger partial charge is 0.237 e. The number of unbranched alkanes of at least 4 members (excludes halogenated alkanes) is 1. The van der Waals surface area contributed by atoms with Crippen LogP contribution in [0.2, 0.25) is 0 Å². The first-order chi connectivity index (χ1) is 8.17. The number of hydrogen-bond acceptors (Lipinski definition) is 4. The van der Waals surface area contributed by atoms with Crippen molar-refractivity contribution in [1.29, 1.82) is 0 Å². The highest BCUT2D eigenvalue weighted by Gasteiger charge is 2.19. The Morgan fingerprint density at radius 3 is 2.71 bits per heavy atom. The molecule has 0 aliphatic rings. The van der Waals surface area contributed by atoms with Gasteiger partial charge in [0.1, 0.15) is 0 Å². The minimum absolute atomic E-state index is 0.0722. The average Bonchev–Trinajstić information content (AvgIpc) is 2.33. The van der Waals surface area contributed by atoms with Gasteiger partial charge in [0.15, 0.2) is 0 Å². The van der Waals surface area contributed by atoms with E-state index in [4.69, 9.17) is 10.5 Å². The summed E-state index contributed by atoms with van der Waals surface area (Å²) in [6.45, 7) is 7.38. The van der Waals surface area contributed by atoms with Crippen LogP contribution in [0.15, 0.2) is 0 Å². The molecule has 0 saturated carbocycles. The Morgan fingerprint density at radius 2 is 2.18 bits per heavy atom. The van der Waals surface area contributed by atoms with E-state index in [1.54, 1.807) is 7.11 Å². The summed E-state index contributed by atoms with van der Waals surface area (Å²) in [6.07, 6.45) is 2.11. The van der Waals surface area contributed by atoms with E-state index >= 15 is 0 Å². The van der Waals surface area contributed by atoms with Crippen molar-refractivity contribution in [3.8, 4) is 0 Å². The summed E-state index contributed by atoms with van der Waals surface area (Å²) in [4.78, 5) is 13.9. The van der Waals surface area contributed by atoms with Crippen molar-refractivity contribution in [3.63, 3.8) is 0 Å². The number of methoxy groups -OCH3 is 1. The summed E-state index contributed by atoms with van der Waals surface area (Å²) in [5.74, 6) is 0.0722. The molecule has 1 unspecified atom stereocenters. The molecule has 0 saturated heterocycles. The molecule has 0 radical (unpaired) electrons. The van der Waals surface area contributed by atoms with Crippen molar-refractivity contribution in [3.05, 3.63) is 0 Å². The number of nitrogens with one attached hydrogen (secondary N) is 1. The van der Waals surface area contributed by atoms with Crippen LogP contribution < -0.4 is 11.1 Å². The zero-order chi connectivity index (χ0) is 13.1. The molecule has 1 atom stereocenters. The first kappa shape index (κ1) is 16.4. The molecule has 0 aromatic rings. The number of nitrogens with two attached hydrogens (primary N) is 1. The van der Waals surface area contributed by atoms with Gasteiger partial charge in [0, 0.05) is 33.3 Å². The number of rotatable bonds is 10. The monoisotopic (exact) mass is 245 g/mol. The van der Waals surface area contributed by atoms with Crippen molar-refractivity contribution < 1.29 is 9.53 Å². The van der Waals surface area contributed by atoms with E-state index in [0.717, 1.165) is 25.9 Å². The Kier molecular flexibility index (Phi) is 10.1. The third-order valence-electron chi connectivity index (χ3n) is 2.76. The summed E-state index contributed by atoms with van der Waals surface area (Å²) in [7, 11) is 1.66. The molecule has 5 nitrogen and oxygen atoms in total. The minimum Gasteiger partial charge on any atom is -0.383 e. The molecule has 0 aromatic heterocycles. The van der Waals surface area contributed by atoms with Gasteiger partial charge >= 0.3 is 0 Å². The summed E-state index contributed by atoms with van der Waals surface area (Å²) in [5, 5.41) is 2.94. The fraction of sp³-hybridized carbons (Fsp3) is 0.917. The molecule has 0 rings (SSSR count). The maximum atomic E-state index is 11.9. The minimum atomic E-state index is -0.148. The lowest BCUT2D eigenvalue weighted by Gasteiger charge is -2.27. The van der Waals surface area contributed by atoms with Gasteiger partial charge in [-0.3, -0.25) is 9.69 Å². The summed E-state index contributed by atoms with van der Waals surface area (Å²) < 4.78 is 5.03. The topological polar surface area (TPSA) is 67.6 Å². The molecule has 0 aliphatic carbocycles. The Morgan fingerprint density at radius 1 is 1.47 bits per heavy atom. The molecule has 3 N–H and O–H groups in total. The van der Waals surface area contributed by atoms with Gasteiger partial charge in [0.2, 0.25) is 5.91 Å². The van der Waals surface area contributed by atoms with Crippen LogP contribution in [0.4, 0.5) is 0 Å². The van der Waals surface area contributed by atoms with Crippen LogP contribution in [0.25, 0.3) is 0 Å². The third kappa shape index (κ3) is 7.31. The maximum absolute atomic E-state index is 11.9. The fourth-order valence-electron chi connectivity index (χ4n) is 1.58. The molecule has 0 heterocycles. The van der Waals surface area contributed by atoms with Crippen LogP contribution in [-0.2, 0) is 9.53 Å². The number of carbonyl (C=O) groups is 1. The van der Waals surface area contributed by atoms with E-state index in [9.17, 15) is 4.79 Å². The fourth-order valence-corrected chi connectivity index (χ4v) is 1.58. The molecule has 0 aliphatic heterocycles. The van der Waals surface area contributed by atoms with Gasteiger partial charge in [-0.25, -0.2) is 0 Å². The molecule has 0 aromatic carbocycles. The van der Waals surface area contributed by atoms with E-state index in [2.05, 4.69) is 12.2 Å². The first-order valence-electron chi connectivity index (χ1n) is 6.38. The number of ether oxygens (including phenoxy) is 1. The van der Waals surface area contributed by atoms with Crippen LogP contribution in [-0.4, -0.2) is 56.7 Å². The molecule has 17 heavy (non-hydrogen) atoms. The zero-order valence-corrected chi connectivity index (χ0v) is 11.4. The Hall–Kier alpha value is -0.650. The van der Waals surface area contributed by atoms with E-state index in [0.29, 0.717) is 19.7 Å². The van der Waals surface area contributed by atoms with Crippen LogP contribution in [0, 0.1) is 0 Å². The molecule has 1 amide bonds. The van der Waals surface area contributed by atoms with Gasteiger partial charge < -0.3 is 15.8 Å². The van der Waals surface area contributed by atoms with Crippen molar-refractivity contribution in [1.82, 2.24) is 10.2 Å². The first-order valence-corrected chi connectivity index (χ1v) is 6.38. The average molecular weight is 245 g/mol. The second kappa shape index (κ2) is 10.5. The maximum Gasteiger partial charge on any atom is 0.237 e. The second-order valence-corrected chi connectivity index (χ2v) is 4.14. The third-order valence-corrected chi connectivity index (χ3v) is 2.76. The standard InChI is InChI=1S/C12H27N3O2/c1-4-5-7-14-12(16)11(2)15(8-6-13)9-10-17-3/h11H,4-10,13H2,1-3H3,(H,14,16). The molecule has 102 valence electrons. The highest BCUT2D eigenvalue weighted by atomic mass is 16.5. The molecule has 0 spiro atoms. The quantitative estimate of drug-likeness (QED) is 0.540. The Labute approximate surface area is 105 Å². The number of hydrogen-bond donors (Lipinski definition) is 2. The summed E-state index contributed by atoms with van der Waals surface area (Å²) >= 11 is 0. The van der Waals surface area contributed by atoms with E-state index < -0.39 is 0 Å². The highest BCUT2D eigenvalue weighted by Crippen LogP contribution is 1.99. The molecular formula is C12H27N3O2. The highest BCUT2D eigenvalue weighted by molar-refractivity contribution is 5.81. The van der Waals surface area contributed by atoms with Crippen LogP contribution in [0.1, 0.15) is 26.7 Å². The van der Waals surface area contributed by atoms with Crippen molar-refractivity contribution in [2.75, 3.05) is 39.9 Å². The molecular weight excluding hydrogens is 218 g/mol. The number of amides is 1. The summed E-state index contributed by atoms with van der Waals surface area (Å²) in [6, 6.07) is -0.148. The predicted molar refractivity (Wildman–Crippen MR) is 69.9 cm³/mol. The van der Waals surface area contributed by atoms with E-state index in [1.165, 1.54) is 0 Å². The second-order valence-electron chi connectivity index (χ2n) is 4.14. The van der Waals surface area contributed by atoms with Gasteiger partial charge in [-0.2, -0.15) is 0 Å². The van der Waals surface area contributed by atoms with Gasteiger partial charge in [0.05, 0.1) is 12.6 Å². The predicted octanol–water partition coefficient (Wildman–Crippen LogP) is 0.198. The molecule has 0 bridgehead atoms. The van der Waals surface area contributed by atoms with Gasteiger partial charge in [-0.15, -0.1) is 0 Å². The lowest BCUT2D eigenvalue weighted by molar-refractivity contribution is -0.126. The van der Waals surface area contributed by atoms with Crippen molar-refractivity contribution in [2.24, 2.45) is 5.73 Å². The normalized spacial score (nSPS) is 12.8. The van der Waals surface area contributed by atoms with Gasteiger partial charge in [0.25, 0.3) is 0 Å². The largest absolute Gasteiger partial charge is 0.383 e. The van der Waals surface area contributed by atoms with Crippen molar-refractivity contribution in [2.45, 2.75) is 32.7 Å². The van der Waals surface area contributed by atoms with Gasteiger partial charge in [-0.1, -0.05) is 13.3 Å². The van der Waals surface area contributed by atoms with Crippen LogP contribution >= 0.6 is 0 Å². The molecule has 0 fully saturated rings. The van der Waals surface area contributed by atoms with Crippen molar-refractivity contribution >= 4 is 5.91 Å². The lowest BCUT2D eigenvalue weighted by Crippen LogP contribution is -2.48. The SMILES string of the molecule is CCCCNC(=O)C(C)N(CCN)CCOC. The zero-order valence-electron chi connectivity index (χ0n) is 11.4. The Bertz CT molecular complexity index is 200. The number of carbonyl (C=O) groups excluding carboxylic acids is 1. The van der Waals surface area contributed by atoms with Gasteiger partial charge in [-0.05, 0) is 13.3 Å².